The summed E-state index contributed by atoms with van der Waals surface area (Å²) in [7, 11) is 0. The van der Waals surface area contributed by atoms with Gasteiger partial charge in [0.05, 0.1) is 11.1 Å². The number of hydrogen-bond acceptors (Lipinski definition) is 5. The fraction of sp³-hybridized carbons (Fsp3) is 0.269. The molecule has 5 heteroatoms. The minimum atomic E-state index is -0.0377. The van der Waals surface area contributed by atoms with Crippen molar-refractivity contribution in [2.45, 2.75) is 33.2 Å². The number of Topliss-reactive ketones (excluding diaryl/α,β-unsaturated/α-hetero) is 1. The molecule has 3 aromatic rings. The third kappa shape index (κ3) is 3.91. The van der Waals surface area contributed by atoms with Crippen LogP contribution >= 0.6 is 11.3 Å². The second-order valence-corrected chi connectivity index (χ2v) is 9.14. The molecule has 2 aromatic carbocycles. The smallest absolute Gasteiger partial charge is 0.232 e. The number of carbonyl (C=O) groups excluding carboxylic acids is 1. The van der Waals surface area contributed by atoms with Gasteiger partial charge >= 0.3 is 0 Å². The van der Waals surface area contributed by atoms with Gasteiger partial charge in [-0.1, -0.05) is 30.3 Å². The first kappa shape index (κ1) is 20.0. The van der Waals surface area contributed by atoms with Gasteiger partial charge in [-0.05, 0) is 60.9 Å². The number of hydrogen-bond donors (Lipinski definition) is 0. The zero-order chi connectivity index (χ0) is 21.4. The molecule has 31 heavy (non-hydrogen) atoms. The van der Waals surface area contributed by atoms with E-state index in [-0.39, 0.29) is 5.78 Å². The van der Waals surface area contributed by atoms with Crippen molar-refractivity contribution >= 4 is 23.2 Å². The van der Waals surface area contributed by atoms with Gasteiger partial charge in [0, 0.05) is 24.0 Å². The molecule has 5 rings (SSSR count). The SMILES string of the molecule is Cc1ccsc1/C=C1\Oc2c3c(cc(C)c2C1=O)OCN(CCCc1ccccc1)C3. The first-order chi connectivity index (χ1) is 15.1. The summed E-state index contributed by atoms with van der Waals surface area (Å²) in [5.41, 5.74) is 5.06. The summed E-state index contributed by atoms with van der Waals surface area (Å²) in [6.45, 7) is 6.22. The van der Waals surface area contributed by atoms with Crippen LogP contribution in [0.5, 0.6) is 11.5 Å². The highest BCUT2D eigenvalue weighted by molar-refractivity contribution is 7.11. The monoisotopic (exact) mass is 431 g/mol. The molecule has 3 heterocycles. The molecule has 0 amide bonds. The summed E-state index contributed by atoms with van der Waals surface area (Å²) in [4.78, 5) is 16.4. The van der Waals surface area contributed by atoms with E-state index >= 15 is 0 Å². The van der Waals surface area contributed by atoms with Crippen molar-refractivity contribution in [3.63, 3.8) is 0 Å². The lowest BCUT2D eigenvalue weighted by molar-refractivity contribution is 0.0928. The molecule has 4 nitrogen and oxygen atoms in total. The predicted octanol–water partition coefficient (Wildman–Crippen LogP) is 5.77. The van der Waals surface area contributed by atoms with E-state index < -0.39 is 0 Å². The molecular weight excluding hydrogens is 406 g/mol. The number of thiophene rings is 1. The maximum atomic E-state index is 13.1. The molecule has 158 valence electrons. The Morgan fingerprint density at radius 3 is 2.74 bits per heavy atom. The van der Waals surface area contributed by atoms with Gasteiger partial charge in [-0.15, -0.1) is 11.3 Å². The number of aryl methyl sites for hydroxylation is 3. The van der Waals surface area contributed by atoms with Crippen LogP contribution in [0.4, 0.5) is 0 Å². The largest absolute Gasteiger partial charge is 0.478 e. The molecule has 2 aliphatic heterocycles. The van der Waals surface area contributed by atoms with E-state index in [2.05, 4.69) is 35.2 Å². The minimum absolute atomic E-state index is 0.0377. The molecule has 0 unspecified atom stereocenters. The Kier molecular flexibility index (Phi) is 5.38. The highest BCUT2D eigenvalue weighted by Crippen LogP contribution is 2.44. The predicted molar refractivity (Wildman–Crippen MR) is 124 cm³/mol. The van der Waals surface area contributed by atoms with Crippen molar-refractivity contribution in [2.75, 3.05) is 13.3 Å². The Labute approximate surface area is 186 Å². The average Bonchev–Trinajstić information content (AvgIpc) is 3.33. The minimum Gasteiger partial charge on any atom is -0.478 e. The van der Waals surface area contributed by atoms with Crippen LogP contribution in [0.25, 0.3) is 6.08 Å². The van der Waals surface area contributed by atoms with Gasteiger partial charge in [0.15, 0.2) is 5.76 Å². The lowest BCUT2D eigenvalue weighted by Gasteiger charge is -2.30. The van der Waals surface area contributed by atoms with Gasteiger partial charge in [-0.3, -0.25) is 9.69 Å². The molecule has 0 N–H and O–H groups in total. The fourth-order valence-electron chi connectivity index (χ4n) is 4.22. The zero-order valence-corrected chi connectivity index (χ0v) is 18.6. The summed E-state index contributed by atoms with van der Waals surface area (Å²) in [6.07, 6.45) is 3.97. The van der Waals surface area contributed by atoms with Crippen LogP contribution in [0, 0.1) is 13.8 Å². The van der Waals surface area contributed by atoms with Crippen LogP contribution in [-0.2, 0) is 13.0 Å². The molecule has 0 aliphatic carbocycles. The number of ether oxygens (including phenoxy) is 2. The number of rotatable bonds is 5. The summed E-state index contributed by atoms with van der Waals surface area (Å²) < 4.78 is 12.2. The molecule has 0 saturated carbocycles. The van der Waals surface area contributed by atoms with Gasteiger partial charge in [0.25, 0.3) is 0 Å². The average molecular weight is 432 g/mol. The number of carbonyl (C=O) groups is 1. The standard InChI is InChI=1S/C26H25NO3S/c1-17-10-12-31-23(17)14-22-25(28)24-18(2)13-21-20(26(24)30-22)15-27(16-29-21)11-6-9-19-7-4-3-5-8-19/h3-5,7-8,10,12-14H,6,9,11,15-16H2,1-2H3/b22-14-. The van der Waals surface area contributed by atoms with E-state index in [0.29, 0.717) is 23.8 Å². The number of allylic oxidation sites excluding steroid dienone is 1. The van der Waals surface area contributed by atoms with Crippen LogP contribution < -0.4 is 9.47 Å². The van der Waals surface area contributed by atoms with E-state index in [0.717, 1.165) is 53.2 Å². The molecule has 2 aliphatic rings. The second-order valence-electron chi connectivity index (χ2n) is 8.20. The molecule has 0 bridgehead atoms. The normalized spacial score (nSPS) is 16.7. The Morgan fingerprint density at radius 1 is 1.13 bits per heavy atom. The number of nitrogens with zero attached hydrogens (tertiary/aromatic N) is 1. The van der Waals surface area contributed by atoms with Crippen molar-refractivity contribution in [3.05, 3.63) is 86.3 Å². The first-order valence-electron chi connectivity index (χ1n) is 10.6. The highest BCUT2D eigenvalue weighted by atomic mass is 32.1. The third-order valence-corrected chi connectivity index (χ3v) is 6.90. The quantitative estimate of drug-likeness (QED) is 0.481. The molecule has 0 atom stereocenters. The lowest BCUT2D eigenvalue weighted by Crippen LogP contribution is -2.33. The highest BCUT2D eigenvalue weighted by Gasteiger charge is 2.35. The van der Waals surface area contributed by atoms with Crippen LogP contribution in [0.2, 0.25) is 0 Å². The van der Waals surface area contributed by atoms with E-state index in [4.69, 9.17) is 9.47 Å². The summed E-state index contributed by atoms with van der Waals surface area (Å²) in [6, 6.07) is 14.6. The van der Waals surface area contributed by atoms with Gasteiger partial charge in [0.2, 0.25) is 5.78 Å². The summed E-state index contributed by atoms with van der Waals surface area (Å²) in [5.74, 6) is 1.87. The van der Waals surface area contributed by atoms with Crippen molar-refractivity contribution in [3.8, 4) is 11.5 Å². The Morgan fingerprint density at radius 2 is 1.97 bits per heavy atom. The summed E-state index contributed by atoms with van der Waals surface area (Å²) in [5, 5.41) is 2.03. The van der Waals surface area contributed by atoms with Crippen molar-refractivity contribution < 1.29 is 14.3 Å². The fourth-order valence-corrected chi connectivity index (χ4v) is 5.07. The Balaban J connectivity index is 1.36. The maximum absolute atomic E-state index is 13.1. The zero-order valence-electron chi connectivity index (χ0n) is 17.8. The molecular formula is C26H25NO3S. The van der Waals surface area contributed by atoms with Crippen LogP contribution in [0.3, 0.4) is 0 Å². The third-order valence-electron chi connectivity index (χ3n) is 5.93. The number of benzene rings is 2. The topological polar surface area (TPSA) is 38.8 Å². The van der Waals surface area contributed by atoms with Crippen molar-refractivity contribution in [1.29, 1.82) is 0 Å². The van der Waals surface area contributed by atoms with Crippen molar-refractivity contribution in [1.82, 2.24) is 4.90 Å². The number of fused-ring (bicyclic) bond motifs is 3. The van der Waals surface area contributed by atoms with Crippen LogP contribution in [-0.4, -0.2) is 24.0 Å². The maximum Gasteiger partial charge on any atom is 0.232 e. The van der Waals surface area contributed by atoms with Gasteiger partial charge in [-0.2, -0.15) is 0 Å². The summed E-state index contributed by atoms with van der Waals surface area (Å²) >= 11 is 1.62. The van der Waals surface area contributed by atoms with E-state index in [1.165, 1.54) is 5.56 Å². The molecule has 0 radical (unpaired) electrons. The molecule has 0 spiro atoms. The first-order valence-corrected chi connectivity index (χ1v) is 11.5. The molecule has 0 fully saturated rings. The van der Waals surface area contributed by atoms with Gasteiger partial charge in [0.1, 0.15) is 18.2 Å². The van der Waals surface area contributed by atoms with E-state index in [1.54, 1.807) is 11.3 Å². The van der Waals surface area contributed by atoms with Crippen molar-refractivity contribution in [2.24, 2.45) is 0 Å². The molecule has 0 saturated heterocycles. The van der Waals surface area contributed by atoms with Gasteiger partial charge in [-0.25, -0.2) is 0 Å². The Hall–Kier alpha value is -2.89. The lowest BCUT2D eigenvalue weighted by atomic mass is 9.98. The Bertz CT molecular complexity index is 1160. The van der Waals surface area contributed by atoms with Crippen LogP contribution in [0.15, 0.2) is 53.6 Å². The second kappa shape index (κ2) is 8.33. The molecule has 1 aromatic heterocycles. The van der Waals surface area contributed by atoms with Gasteiger partial charge < -0.3 is 9.47 Å². The van der Waals surface area contributed by atoms with Crippen LogP contribution in [0.1, 0.15) is 43.9 Å². The van der Waals surface area contributed by atoms with E-state index in [9.17, 15) is 4.79 Å². The number of ketones is 1. The van der Waals surface area contributed by atoms with E-state index in [1.807, 2.05) is 37.4 Å².